The summed E-state index contributed by atoms with van der Waals surface area (Å²) in [5.41, 5.74) is 2.79. The van der Waals surface area contributed by atoms with Crippen LogP contribution in [0.15, 0.2) is 36.4 Å². The topological polar surface area (TPSA) is 3.24 Å². The monoisotopic (exact) mass is 211 g/mol. The maximum Gasteiger partial charge on any atom is 0.0446 e. The quantitative estimate of drug-likeness (QED) is 0.694. The van der Waals surface area contributed by atoms with Gasteiger partial charge in [-0.05, 0) is 36.8 Å². The van der Waals surface area contributed by atoms with Crippen LogP contribution in [0, 0.1) is 6.92 Å². The molecule has 1 saturated heterocycles. The third kappa shape index (κ3) is 1.47. The maximum absolute atomic E-state index is 2.52. The largest absolute Gasteiger partial charge is 0.371 e. The summed E-state index contributed by atoms with van der Waals surface area (Å²) < 4.78 is 0. The average Bonchev–Trinajstić information content (AvgIpc) is 2.83. The third-order valence-corrected chi connectivity index (χ3v) is 3.57. The van der Waals surface area contributed by atoms with Crippen molar-refractivity contribution in [2.75, 3.05) is 18.0 Å². The van der Waals surface area contributed by atoms with Gasteiger partial charge in [-0.1, -0.05) is 30.3 Å². The fourth-order valence-corrected chi connectivity index (χ4v) is 2.67. The van der Waals surface area contributed by atoms with Gasteiger partial charge in [-0.2, -0.15) is 0 Å². The number of hydrogen-bond donors (Lipinski definition) is 0. The first-order chi connectivity index (χ1) is 7.86. The lowest BCUT2D eigenvalue weighted by Crippen LogP contribution is -2.17. The zero-order valence-corrected chi connectivity index (χ0v) is 9.74. The minimum atomic E-state index is 1.22. The molecule has 82 valence electrons. The van der Waals surface area contributed by atoms with Gasteiger partial charge in [0.1, 0.15) is 0 Å². The van der Waals surface area contributed by atoms with Crippen LogP contribution >= 0.6 is 0 Å². The molecule has 3 rings (SSSR count). The fourth-order valence-electron chi connectivity index (χ4n) is 2.67. The first kappa shape index (κ1) is 9.71. The van der Waals surface area contributed by atoms with Crippen molar-refractivity contribution in [2.45, 2.75) is 19.8 Å². The Labute approximate surface area is 96.7 Å². The molecule has 1 aliphatic heterocycles. The van der Waals surface area contributed by atoms with Crippen molar-refractivity contribution in [1.29, 1.82) is 0 Å². The van der Waals surface area contributed by atoms with E-state index in [-0.39, 0.29) is 0 Å². The Morgan fingerprint density at radius 1 is 0.875 bits per heavy atom. The van der Waals surface area contributed by atoms with E-state index in [0.717, 1.165) is 0 Å². The van der Waals surface area contributed by atoms with Crippen molar-refractivity contribution < 1.29 is 0 Å². The van der Waals surface area contributed by atoms with Gasteiger partial charge in [-0.15, -0.1) is 0 Å². The van der Waals surface area contributed by atoms with Gasteiger partial charge in [-0.3, -0.25) is 0 Å². The standard InChI is InChI=1S/C15H17N/c1-12-8-9-15(16-10-4-5-11-16)14-7-3-2-6-13(12)14/h2-3,6-9H,4-5,10-11H2,1H3. The van der Waals surface area contributed by atoms with Gasteiger partial charge in [0.05, 0.1) is 0 Å². The number of benzene rings is 2. The molecule has 0 N–H and O–H groups in total. The van der Waals surface area contributed by atoms with E-state index in [2.05, 4.69) is 48.2 Å². The highest BCUT2D eigenvalue weighted by atomic mass is 15.1. The van der Waals surface area contributed by atoms with Crippen molar-refractivity contribution in [3.05, 3.63) is 42.0 Å². The van der Waals surface area contributed by atoms with Gasteiger partial charge in [0.15, 0.2) is 0 Å². The van der Waals surface area contributed by atoms with Crippen LogP contribution in [0.4, 0.5) is 5.69 Å². The van der Waals surface area contributed by atoms with Gasteiger partial charge in [-0.25, -0.2) is 0 Å². The van der Waals surface area contributed by atoms with Gasteiger partial charge >= 0.3 is 0 Å². The second kappa shape index (κ2) is 3.82. The zero-order valence-electron chi connectivity index (χ0n) is 9.74. The molecule has 2 aromatic carbocycles. The summed E-state index contributed by atoms with van der Waals surface area (Å²) in [5.74, 6) is 0. The van der Waals surface area contributed by atoms with Crippen molar-refractivity contribution in [3.8, 4) is 0 Å². The molecule has 0 atom stereocenters. The molecule has 1 aliphatic rings. The van der Waals surface area contributed by atoms with Gasteiger partial charge < -0.3 is 4.90 Å². The lowest BCUT2D eigenvalue weighted by Gasteiger charge is -2.20. The Bertz CT molecular complexity index is 510. The second-order valence-corrected chi connectivity index (χ2v) is 4.64. The third-order valence-electron chi connectivity index (χ3n) is 3.57. The predicted octanol–water partition coefficient (Wildman–Crippen LogP) is 3.75. The molecule has 16 heavy (non-hydrogen) atoms. The van der Waals surface area contributed by atoms with E-state index in [1.165, 1.54) is 48.0 Å². The molecule has 0 bridgehead atoms. The molecule has 1 nitrogen and oxygen atoms in total. The molecule has 0 radical (unpaired) electrons. The fraction of sp³-hybridized carbons (Fsp3) is 0.333. The Kier molecular flexibility index (Phi) is 2.32. The van der Waals surface area contributed by atoms with Gasteiger partial charge in [0.2, 0.25) is 0 Å². The van der Waals surface area contributed by atoms with Crippen LogP contribution in [0.2, 0.25) is 0 Å². The van der Waals surface area contributed by atoms with Crippen molar-refractivity contribution in [1.82, 2.24) is 0 Å². The van der Waals surface area contributed by atoms with E-state index in [1.807, 2.05) is 0 Å². The summed E-state index contributed by atoms with van der Waals surface area (Å²) in [5, 5.41) is 2.80. The number of rotatable bonds is 1. The van der Waals surface area contributed by atoms with Crippen LogP contribution in [0.5, 0.6) is 0 Å². The molecule has 1 heteroatoms. The molecule has 0 spiro atoms. The van der Waals surface area contributed by atoms with Crippen molar-refractivity contribution in [2.24, 2.45) is 0 Å². The number of hydrogen-bond acceptors (Lipinski definition) is 1. The predicted molar refractivity (Wildman–Crippen MR) is 70.1 cm³/mol. The Morgan fingerprint density at radius 2 is 1.56 bits per heavy atom. The molecule has 0 amide bonds. The number of nitrogens with zero attached hydrogens (tertiary/aromatic N) is 1. The second-order valence-electron chi connectivity index (χ2n) is 4.64. The Hall–Kier alpha value is -1.50. The van der Waals surface area contributed by atoms with Crippen LogP contribution in [0.1, 0.15) is 18.4 Å². The molecule has 1 fully saturated rings. The maximum atomic E-state index is 2.52. The Balaban J connectivity index is 2.21. The molecule has 0 aliphatic carbocycles. The van der Waals surface area contributed by atoms with Crippen LogP contribution in [-0.4, -0.2) is 13.1 Å². The molecule has 0 aromatic heterocycles. The van der Waals surface area contributed by atoms with Crippen LogP contribution in [0.25, 0.3) is 10.8 Å². The lowest BCUT2D eigenvalue weighted by molar-refractivity contribution is 0.949. The van der Waals surface area contributed by atoms with Gasteiger partial charge in [0, 0.05) is 24.2 Å². The van der Waals surface area contributed by atoms with Gasteiger partial charge in [0.25, 0.3) is 0 Å². The van der Waals surface area contributed by atoms with E-state index in [1.54, 1.807) is 0 Å². The SMILES string of the molecule is Cc1ccc(N2CCCC2)c2ccccc12. The first-order valence-electron chi connectivity index (χ1n) is 6.09. The first-order valence-corrected chi connectivity index (χ1v) is 6.09. The summed E-state index contributed by atoms with van der Waals surface area (Å²) >= 11 is 0. The smallest absolute Gasteiger partial charge is 0.0446 e. The molecular weight excluding hydrogens is 194 g/mol. The molecule has 1 heterocycles. The van der Waals surface area contributed by atoms with E-state index < -0.39 is 0 Å². The van der Waals surface area contributed by atoms with Crippen molar-refractivity contribution >= 4 is 16.5 Å². The lowest BCUT2D eigenvalue weighted by atomic mass is 10.0. The highest BCUT2D eigenvalue weighted by Gasteiger charge is 2.14. The number of anilines is 1. The molecular formula is C15H17N. The minimum absolute atomic E-state index is 1.22. The van der Waals surface area contributed by atoms with Crippen molar-refractivity contribution in [3.63, 3.8) is 0 Å². The van der Waals surface area contributed by atoms with E-state index >= 15 is 0 Å². The average molecular weight is 211 g/mol. The summed E-state index contributed by atoms with van der Waals surface area (Å²) in [4.78, 5) is 2.52. The highest BCUT2D eigenvalue weighted by Crippen LogP contribution is 2.31. The number of aryl methyl sites for hydroxylation is 1. The van der Waals surface area contributed by atoms with E-state index in [9.17, 15) is 0 Å². The van der Waals surface area contributed by atoms with Crippen LogP contribution < -0.4 is 4.90 Å². The Morgan fingerprint density at radius 3 is 2.31 bits per heavy atom. The highest BCUT2D eigenvalue weighted by molar-refractivity contribution is 5.96. The molecule has 2 aromatic rings. The summed E-state index contributed by atoms with van der Waals surface area (Å²) in [6.07, 6.45) is 2.67. The van der Waals surface area contributed by atoms with E-state index in [0.29, 0.717) is 0 Å². The summed E-state index contributed by atoms with van der Waals surface area (Å²) in [7, 11) is 0. The molecule has 0 unspecified atom stereocenters. The summed E-state index contributed by atoms with van der Waals surface area (Å²) in [6, 6.07) is 13.3. The van der Waals surface area contributed by atoms with E-state index in [4.69, 9.17) is 0 Å². The zero-order chi connectivity index (χ0) is 11.0. The normalized spacial score (nSPS) is 15.9. The van der Waals surface area contributed by atoms with Crippen LogP contribution in [0.3, 0.4) is 0 Å². The van der Waals surface area contributed by atoms with Crippen LogP contribution in [-0.2, 0) is 0 Å². The number of fused-ring (bicyclic) bond motifs is 1. The summed E-state index contributed by atoms with van der Waals surface area (Å²) in [6.45, 7) is 4.62. The molecule has 0 saturated carbocycles. The minimum Gasteiger partial charge on any atom is -0.371 e.